The van der Waals surface area contributed by atoms with Crippen LogP contribution in [0.1, 0.15) is 18.4 Å². The predicted molar refractivity (Wildman–Crippen MR) is 111 cm³/mol. The second-order valence-corrected chi connectivity index (χ2v) is 9.62. The summed E-state index contributed by atoms with van der Waals surface area (Å²) in [6, 6.07) is 3.24. The fourth-order valence-electron chi connectivity index (χ4n) is 3.99. The highest BCUT2D eigenvalue weighted by Gasteiger charge is 2.34. The van der Waals surface area contributed by atoms with E-state index in [-0.39, 0.29) is 37.0 Å². The third-order valence-electron chi connectivity index (χ3n) is 5.59. The summed E-state index contributed by atoms with van der Waals surface area (Å²) in [7, 11) is -4.14. The molecule has 0 spiro atoms. The lowest BCUT2D eigenvalue weighted by atomic mass is 10.2. The number of halogens is 3. The molecule has 0 aliphatic carbocycles. The number of alkyl halides is 3. The third kappa shape index (κ3) is 5.59. The molecule has 2 aliphatic rings. The number of hydrogen-bond acceptors (Lipinski definition) is 5. The topological polar surface area (TPSA) is 90.0 Å². The number of sulfonamides is 1. The summed E-state index contributed by atoms with van der Waals surface area (Å²) in [4.78, 5) is 28.7. The molecule has 1 atom stereocenters. The first-order chi connectivity index (χ1) is 14.9. The van der Waals surface area contributed by atoms with E-state index in [1.807, 2.05) is 0 Å². The fraction of sp³-hybridized carbons (Fsp3) is 0.550. The van der Waals surface area contributed by atoms with Crippen molar-refractivity contribution in [3.05, 3.63) is 30.7 Å². The van der Waals surface area contributed by atoms with Gasteiger partial charge in [0.2, 0.25) is 21.8 Å². The van der Waals surface area contributed by atoms with Crippen LogP contribution in [0.25, 0.3) is 0 Å². The summed E-state index contributed by atoms with van der Waals surface area (Å²) >= 11 is 0. The Morgan fingerprint density at radius 3 is 2.41 bits per heavy atom. The van der Waals surface area contributed by atoms with E-state index in [2.05, 4.69) is 11.6 Å². The number of carbonyl (C=O) groups excluding carboxylic acids is 2. The molecule has 2 amide bonds. The average Bonchev–Trinajstić information content (AvgIpc) is 3.12. The van der Waals surface area contributed by atoms with E-state index in [9.17, 15) is 31.2 Å². The number of nitrogens with zero attached hydrogens (tertiary/aromatic N) is 3. The summed E-state index contributed by atoms with van der Waals surface area (Å²) < 4.78 is 65.7. The van der Waals surface area contributed by atoms with Gasteiger partial charge in [-0.15, -0.1) is 0 Å². The molecular weight excluding hydrogens is 449 g/mol. The monoisotopic (exact) mass is 475 g/mol. The number of piperazine rings is 1. The van der Waals surface area contributed by atoms with Crippen LogP contribution in [-0.4, -0.2) is 81.5 Å². The molecule has 12 heteroatoms. The highest BCUT2D eigenvalue weighted by Crippen LogP contribution is 2.29. The van der Waals surface area contributed by atoms with Gasteiger partial charge in [0, 0.05) is 44.8 Å². The standard InChI is InChI=1S/C20H26F3N4O4S/c1-14-16(27-8-4-7-18(27)28)5-3-6-17(14)32(30,31)24-15(2)19(29)26-11-9-25(10-12-26)13-20(21,22)23/h3,5-6,15,24H,2,4,7-13H2,1H3/t15-/m0/s1. The maximum absolute atomic E-state index is 12.9. The Morgan fingerprint density at radius 2 is 1.84 bits per heavy atom. The average molecular weight is 476 g/mol. The minimum atomic E-state index is -4.32. The summed E-state index contributed by atoms with van der Waals surface area (Å²) in [5, 5.41) is 0. The Morgan fingerprint density at radius 1 is 1.19 bits per heavy atom. The Bertz CT molecular complexity index is 976. The number of amides is 2. The summed E-state index contributed by atoms with van der Waals surface area (Å²) in [5.41, 5.74) is 0.888. The molecule has 0 bridgehead atoms. The van der Waals surface area contributed by atoms with Crippen molar-refractivity contribution in [1.82, 2.24) is 14.5 Å². The highest BCUT2D eigenvalue weighted by atomic mass is 32.2. The van der Waals surface area contributed by atoms with Crippen molar-refractivity contribution in [3.63, 3.8) is 0 Å². The fourth-order valence-corrected chi connectivity index (χ4v) is 5.36. The van der Waals surface area contributed by atoms with E-state index in [0.717, 1.165) is 0 Å². The molecule has 1 radical (unpaired) electrons. The zero-order valence-electron chi connectivity index (χ0n) is 17.7. The number of hydrogen-bond donors (Lipinski definition) is 1. The molecule has 3 rings (SSSR count). The van der Waals surface area contributed by atoms with Gasteiger partial charge in [0.1, 0.15) is 6.04 Å². The Hall–Kier alpha value is -2.18. The normalized spacial score (nSPS) is 19.5. The van der Waals surface area contributed by atoms with E-state index in [1.54, 1.807) is 17.9 Å². The van der Waals surface area contributed by atoms with E-state index in [4.69, 9.17) is 0 Å². The molecule has 2 aliphatic heterocycles. The molecule has 0 saturated carbocycles. The summed E-state index contributed by atoms with van der Waals surface area (Å²) in [6.45, 7) is 4.83. The van der Waals surface area contributed by atoms with Crippen LogP contribution in [0.4, 0.5) is 18.9 Å². The van der Waals surface area contributed by atoms with E-state index < -0.39 is 34.7 Å². The van der Waals surface area contributed by atoms with Gasteiger partial charge in [-0.2, -0.15) is 17.9 Å². The van der Waals surface area contributed by atoms with Gasteiger partial charge in [-0.05, 0) is 38.0 Å². The van der Waals surface area contributed by atoms with Crippen LogP contribution >= 0.6 is 0 Å². The molecule has 1 aromatic rings. The van der Waals surface area contributed by atoms with Crippen molar-refractivity contribution in [3.8, 4) is 0 Å². The molecule has 32 heavy (non-hydrogen) atoms. The van der Waals surface area contributed by atoms with Gasteiger partial charge in [0.05, 0.1) is 11.4 Å². The number of nitrogens with one attached hydrogen (secondary N) is 1. The van der Waals surface area contributed by atoms with Crippen LogP contribution in [0.3, 0.4) is 0 Å². The molecule has 8 nitrogen and oxygen atoms in total. The van der Waals surface area contributed by atoms with Crippen LogP contribution in [-0.2, 0) is 19.6 Å². The molecule has 0 unspecified atom stereocenters. The van der Waals surface area contributed by atoms with Crippen molar-refractivity contribution in [2.24, 2.45) is 0 Å². The van der Waals surface area contributed by atoms with Crippen LogP contribution < -0.4 is 9.62 Å². The van der Waals surface area contributed by atoms with E-state index >= 15 is 0 Å². The summed E-state index contributed by atoms with van der Waals surface area (Å²) in [6.07, 6.45) is -3.22. The minimum absolute atomic E-state index is 0.0374. The van der Waals surface area contributed by atoms with E-state index in [0.29, 0.717) is 30.6 Å². The SMILES string of the molecule is [CH2][C@H](NS(=O)(=O)c1cccc(N2CCCC2=O)c1C)C(=O)N1CCN(CC(F)(F)F)CC1. The molecule has 2 fully saturated rings. The van der Waals surface area contributed by atoms with Gasteiger partial charge in [-0.1, -0.05) is 6.07 Å². The zero-order chi connectivity index (χ0) is 23.7. The molecular formula is C20H26F3N4O4S. The van der Waals surface area contributed by atoms with Crippen LogP contribution in [0.2, 0.25) is 0 Å². The maximum Gasteiger partial charge on any atom is 0.401 e. The molecule has 1 N–H and O–H groups in total. The lowest BCUT2D eigenvalue weighted by Crippen LogP contribution is -2.55. The van der Waals surface area contributed by atoms with Crippen molar-refractivity contribution in [1.29, 1.82) is 0 Å². The third-order valence-corrected chi connectivity index (χ3v) is 7.21. The summed E-state index contributed by atoms with van der Waals surface area (Å²) in [5.74, 6) is -0.686. The second kappa shape index (κ2) is 9.36. The minimum Gasteiger partial charge on any atom is -0.339 e. The van der Waals surface area contributed by atoms with Crippen LogP contribution in [0.15, 0.2) is 23.1 Å². The lowest BCUT2D eigenvalue weighted by Gasteiger charge is -2.36. The lowest BCUT2D eigenvalue weighted by molar-refractivity contribution is -0.152. The molecule has 1 aromatic carbocycles. The van der Waals surface area contributed by atoms with Crippen LogP contribution in [0.5, 0.6) is 0 Å². The predicted octanol–water partition coefficient (Wildman–Crippen LogP) is 1.31. The Kier molecular flexibility index (Phi) is 7.15. The van der Waals surface area contributed by atoms with Gasteiger partial charge >= 0.3 is 6.18 Å². The van der Waals surface area contributed by atoms with E-state index in [1.165, 1.54) is 21.9 Å². The highest BCUT2D eigenvalue weighted by molar-refractivity contribution is 7.89. The number of carbonyl (C=O) groups is 2. The zero-order valence-corrected chi connectivity index (χ0v) is 18.5. The van der Waals surface area contributed by atoms with Crippen LogP contribution in [0, 0.1) is 13.8 Å². The first-order valence-corrected chi connectivity index (χ1v) is 11.7. The smallest absolute Gasteiger partial charge is 0.339 e. The van der Waals surface area contributed by atoms with Crippen molar-refractivity contribution >= 4 is 27.5 Å². The van der Waals surface area contributed by atoms with Gasteiger partial charge in [0.25, 0.3) is 0 Å². The van der Waals surface area contributed by atoms with Gasteiger partial charge in [-0.25, -0.2) is 8.42 Å². The molecule has 0 aromatic heterocycles. The first kappa shape index (κ1) is 24.5. The first-order valence-electron chi connectivity index (χ1n) is 10.2. The van der Waals surface area contributed by atoms with Crippen molar-refractivity contribution in [2.75, 3.05) is 44.2 Å². The van der Waals surface area contributed by atoms with Crippen molar-refractivity contribution in [2.45, 2.75) is 36.9 Å². The number of rotatable bonds is 6. The van der Waals surface area contributed by atoms with Gasteiger partial charge in [-0.3, -0.25) is 14.5 Å². The number of benzene rings is 1. The van der Waals surface area contributed by atoms with Gasteiger partial charge in [0.15, 0.2) is 0 Å². The molecule has 177 valence electrons. The second-order valence-electron chi connectivity index (χ2n) is 7.94. The Balaban J connectivity index is 1.67. The number of anilines is 1. The Labute approximate surface area is 185 Å². The largest absolute Gasteiger partial charge is 0.401 e. The maximum atomic E-state index is 12.9. The van der Waals surface area contributed by atoms with Gasteiger partial charge < -0.3 is 9.80 Å². The quantitative estimate of drug-likeness (QED) is 0.670. The molecule has 2 saturated heterocycles. The molecule has 2 heterocycles. The van der Waals surface area contributed by atoms with Crippen molar-refractivity contribution < 1.29 is 31.2 Å².